The van der Waals surface area contributed by atoms with E-state index in [9.17, 15) is 19.2 Å². The van der Waals surface area contributed by atoms with Crippen LogP contribution in [0.3, 0.4) is 0 Å². The average Bonchev–Trinajstić information content (AvgIpc) is 2.94. The summed E-state index contributed by atoms with van der Waals surface area (Å²) in [6, 6.07) is 15.5. The number of benzene rings is 2. The second-order valence-electron chi connectivity index (χ2n) is 10.9. The zero-order valence-corrected chi connectivity index (χ0v) is 23.9. The lowest BCUT2D eigenvalue weighted by atomic mass is 9.94. The number of hydrogen-bond acceptors (Lipinski definition) is 4. The van der Waals surface area contributed by atoms with Crippen molar-refractivity contribution in [3.63, 3.8) is 0 Å². The third kappa shape index (κ3) is 7.25. The summed E-state index contributed by atoms with van der Waals surface area (Å²) in [5.41, 5.74) is 1.78. The van der Waals surface area contributed by atoms with Gasteiger partial charge in [-0.15, -0.1) is 0 Å². The summed E-state index contributed by atoms with van der Waals surface area (Å²) in [7, 11) is 3.19. The molecule has 1 aliphatic rings. The van der Waals surface area contributed by atoms with Gasteiger partial charge in [0.2, 0.25) is 23.6 Å². The second kappa shape index (κ2) is 13.4. The fourth-order valence-corrected chi connectivity index (χ4v) is 4.93. The molecule has 1 saturated heterocycles. The number of carbonyl (C=O) groups is 4. The van der Waals surface area contributed by atoms with Gasteiger partial charge in [-0.3, -0.25) is 19.2 Å². The van der Waals surface area contributed by atoms with Gasteiger partial charge < -0.3 is 20.4 Å². The highest BCUT2D eigenvalue weighted by atomic mass is 16.2. The molecule has 1 fully saturated rings. The molecule has 8 nitrogen and oxygen atoms in total. The molecule has 210 valence electrons. The average molecular weight is 535 g/mol. The van der Waals surface area contributed by atoms with Gasteiger partial charge in [0.15, 0.2) is 0 Å². The molecule has 2 aromatic rings. The molecule has 0 unspecified atom stereocenters. The van der Waals surface area contributed by atoms with E-state index >= 15 is 0 Å². The van der Waals surface area contributed by atoms with Gasteiger partial charge in [-0.1, -0.05) is 94.8 Å². The molecule has 39 heavy (non-hydrogen) atoms. The molecular weight excluding hydrogens is 492 g/mol. The number of nitrogens with zero attached hydrogens (tertiary/aromatic N) is 2. The maximum Gasteiger partial charge on any atom is 0.245 e. The molecule has 3 rings (SSSR count). The van der Waals surface area contributed by atoms with E-state index in [1.54, 1.807) is 14.1 Å². The smallest absolute Gasteiger partial charge is 0.245 e. The van der Waals surface area contributed by atoms with E-state index in [0.29, 0.717) is 6.42 Å². The molecule has 0 saturated carbocycles. The van der Waals surface area contributed by atoms with E-state index in [1.807, 2.05) is 88.4 Å². The van der Waals surface area contributed by atoms with Gasteiger partial charge in [-0.05, 0) is 23.0 Å². The SMILES string of the molecule is CC[C@H](C)[C@@H]1NC(=O)[C@H](Cc2ccccc2)N(C)C(=O)[C@@H](C(C)C)NC(=O)[C@H](Cc2ccccc2)N(C)C1=O. The van der Waals surface area contributed by atoms with E-state index in [1.165, 1.54) is 9.80 Å². The van der Waals surface area contributed by atoms with Crippen molar-refractivity contribution in [2.75, 3.05) is 14.1 Å². The number of likely N-dealkylation sites (N-methyl/N-ethyl adjacent to an activating group) is 2. The third-order valence-corrected chi connectivity index (χ3v) is 7.79. The molecule has 0 spiro atoms. The highest BCUT2D eigenvalue weighted by molar-refractivity contribution is 5.97. The Morgan fingerprint density at radius 2 is 1.05 bits per heavy atom. The Morgan fingerprint density at radius 1 is 0.667 bits per heavy atom. The second-order valence-corrected chi connectivity index (χ2v) is 10.9. The highest BCUT2D eigenvalue weighted by Crippen LogP contribution is 2.19. The van der Waals surface area contributed by atoms with E-state index in [4.69, 9.17) is 0 Å². The molecule has 0 bridgehead atoms. The van der Waals surface area contributed by atoms with E-state index < -0.39 is 36.0 Å². The maximum absolute atomic E-state index is 13.9. The first-order chi connectivity index (χ1) is 18.5. The standard InChI is InChI=1S/C31H42N4O4/c1-7-21(4)27-31(39)35(6)24(18-22-14-10-8-11-15-22)28(36)32-26(20(2)3)30(38)34(5)25(29(37)33-27)19-23-16-12-9-13-17-23/h8-17,20-21,24-27H,7,18-19H2,1-6H3,(H,32,36)(H,33,37)/t21-,24-,25-,26+,27-/m0/s1. The van der Waals surface area contributed by atoms with Crippen molar-refractivity contribution < 1.29 is 19.2 Å². The van der Waals surface area contributed by atoms with Crippen LogP contribution in [-0.2, 0) is 32.0 Å². The molecule has 8 heteroatoms. The van der Waals surface area contributed by atoms with Crippen LogP contribution in [0.2, 0.25) is 0 Å². The van der Waals surface area contributed by atoms with Crippen LogP contribution in [0.15, 0.2) is 60.7 Å². The number of hydrogen-bond donors (Lipinski definition) is 2. The summed E-state index contributed by atoms with van der Waals surface area (Å²) >= 11 is 0. The molecule has 0 aromatic heterocycles. The lowest BCUT2D eigenvalue weighted by Crippen LogP contribution is -2.64. The van der Waals surface area contributed by atoms with Gasteiger partial charge in [0.1, 0.15) is 24.2 Å². The van der Waals surface area contributed by atoms with Crippen molar-refractivity contribution in [1.82, 2.24) is 20.4 Å². The molecule has 1 aliphatic heterocycles. The minimum Gasteiger partial charge on any atom is -0.342 e. The Balaban J connectivity index is 2.08. The molecule has 4 amide bonds. The number of nitrogens with one attached hydrogen (secondary N) is 2. The third-order valence-electron chi connectivity index (χ3n) is 7.79. The first-order valence-corrected chi connectivity index (χ1v) is 13.8. The highest BCUT2D eigenvalue weighted by Gasteiger charge is 2.41. The Kier molecular flexibility index (Phi) is 10.3. The molecule has 1 heterocycles. The summed E-state index contributed by atoms with van der Waals surface area (Å²) in [6.07, 6.45) is 1.21. The Bertz CT molecular complexity index is 1100. The molecule has 0 aliphatic carbocycles. The predicted molar refractivity (Wildman–Crippen MR) is 152 cm³/mol. The van der Waals surface area contributed by atoms with Crippen LogP contribution in [0, 0.1) is 11.8 Å². The number of carbonyl (C=O) groups excluding carboxylic acids is 4. The summed E-state index contributed by atoms with van der Waals surface area (Å²) < 4.78 is 0. The monoisotopic (exact) mass is 534 g/mol. The van der Waals surface area contributed by atoms with Gasteiger partial charge in [0.25, 0.3) is 0 Å². The van der Waals surface area contributed by atoms with Gasteiger partial charge in [0, 0.05) is 26.9 Å². The van der Waals surface area contributed by atoms with Gasteiger partial charge >= 0.3 is 0 Å². The summed E-state index contributed by atoms with van der Waals surface area (Å²) in [5, 5.41) is 5.91. The molecular formula is C31H42N4O4. The van der Waals surface area contributed by atoms with Crippen molar-refractivity contribution in [3.05, 3.63) is 71.8 Å². The van der Waals surface area contributed by atoms with Gasteiger partial charge in [-0.25, -0.2) is 0 Å². The fraction of sp³-hybridized carbons (Fsp3) is 0.484. The summed E-state index contributed by atoms with van der Waals surface area (Å²) in [5.74, 6) is -1.89. The van der Waals surface area contributed by atoms with E-state index in [2.05, 4.69) is 10.6 Å². The van der Waals surface area contributed by atoms with Crippen molar-refractivity contribution in [2.24, 2.45) is 11.8 Å². The minimum absolute atomic E-state index is 0.186. The lowest BCUT2D eigenvalue weighted by molar-refractivity contribution is -0.148. The van der Waals surface area contributed by atoms with Gasteiger partial charge in [0.05, 0.1) is 0 Å². The number of rotatable bonds is 7. The Morgan fingerprint density at radius 3 is 1.44 bits per heavy atom. The van der Waals surface area contributed by atoms with Crippen molar-refractivity contribution in [3.8, 4) is 0 Å². The quantitative estimate of drug-likeness (QED) is 0.571. The van der Waals surface area contributed by atoms with E-state index in [0.717, 1.165) is 11.1 Å². The molecule has 0 radical (unpaired) electrons. The normalized spacial score (nSPS) is 24.1. The first kappa shape index (κ1) is 29.9. The molecule has 2 aromatic carbocycles. The lowest BCUT2D eigenvalue weighted by Gasteiger charge is -2.38. The number of amides is 4. The zero-order chi connectivity index (χ0) is 28.7. The zero-order valence-electron chi connectivity index (χ0n) is 23.9. The van der Waals surface area contributed by atoms with Crippen LogP contribution < -0.4 is 10.6 Å². The van der Waals surface area contributed by atoms with Gasteiger partial charge in [-0.2, -0.15) is 0 Å². The Labute approximate surface area is 232 Å². The van der Waals surface area contributed by atoms with Crippen LogP contribution in [-0.4, -0.2) is 71.7 Å². The first-order valence-electron chi connectivity index (χ1n) is 13.8. The topological polar surface area (TPSA) is 98.8 Å². The van der Waals surface area contributed by atoms with Crippen LogP contribution >= 0.6 is 0 Å². The van der Waals surface area contributed by atoms with Crippen LogP contribution in [0.1, 0.15) is 45.2 Å². The van der Waals surface area contributed by atoms with Crippen LogP contribution in [0.25, 0.3) is 0 Å². The minimum atomic E-state index is -0.861. The van der Waals surface area contributed by atoms with E-state index in [-0.39, 0.29) is 36.5 Å². The van der Waals surface area contributed by atoms with Crippen molar-refractivity contribution in [1.29, 1.82) is 0 Å². The summed E-state index contributed by atoms with van der Waals surface area (Å²) in [4.78, 5) is 58.2. The molecule has 2 N–H and O–H groups in total. The van der Waals surface area contributed by atoms with Crippen molar-refractivity contribution >= 4 is 23.6 Å². The summed E-state index contributed by atoms with van der Waals surface area (Å²) in [6.45, 7) is 7.58. The fourth-order valence-electron chi connectivity index (χ4n) is 4.93. The Hall–Kier alpha value is -3.68. The van der Waals surface area contributed by atoms with Crippen LogP contribution in [0.5, 0.6) is 0 Å². The van der Waals surface area contributed by atoms with Crippen LogP contribution in [0.4, 0.5) is 0 Å². The predicted octanol–water partition coefficient (Wildman–Crippen LogP) is 2.81. The maximum atomic E-state index is 13.9. The van der Waals surface area contributed by atoms with Crippen molar-refractivity contribution in [2.45, 2.75) is 71.1 Å². The largest absolute Gasteiger partial charge is 0.342 e. The molecule has 5 atom stereocenters.